The molecule has 0 saturated carbocycles. The molecule has 1 saturated heterocycles. The molecule has 0 spiro atoms. The molecule has 0 amide bonds. The minimum atomic E-state index is 0.639. The van der Waals surface area contributed by atoms with Crippen LogP contribution in [0, 0.1) is 0 Å². The maximum Gasteiger partial charge on any atom is 0.0810 e. The molecule has 0 N–H and O–H groups in total. The van der Waals surface area contributed by atoms with Crippen LogP contribution in [-0.2, 0) is 4.74 Å². The summed E-state index contributed by atoms with van der Waals surface area (Å²) >= 11 is 0. The van der Waals surface area contributed by atoms with E-state index in [1.807, 2.05) is 0 Å². The Morgan fingerprint density at radius 1 is 1.25 bits per heavy atom. The smallest absolute Gasteiger partial charge is 0.0810 e. The molecule has 1 aliphatic rings. The largest absolute Gasteiger partial charge is 0.373 e. The Morgan fingerprint density at radius 3 is 2.67 bits per heavy atom. The Morgan fingerprint density at radius 2 is 2.00 bits per heavy atom. The van der Waals surface area contributed by atoms with Crippen molar-refractivity contribution in [2.24, 2.45) is 0 Å². The van der Waals surface area contributed by atoms with Gasteiger partial charge in [0.2, 0.25) is 0 Å². The van der Waals surface area contributed by atoms with Crippen molar-refractivity contribution in [3.05, 3.63) is 12.2 Å². The lowest BCUT2D eigenvalue weighted by molar-refractivity contribution is 0.388. The van der Waals surface area contributed by atoms with E-state index in [9.17, 15) is 0 Å². The molecule has 0 bridgehead atoms. The molecule has 1 atom stereocenters. The summed E-state index contributed by atoms with van der Waals surface area (Å²) < 4.78 is 5.14. The molecule has 12 heavy (non-hydrogen) atoms. The Hall–Kier alpha value is -0.300. The number of allylic oxidation sites excluding steroid dienone is 2. The van der Waals surface area contributed by atoms with E-state index in [1.165, 1.54) is 38.5 Å². The molecule has 1 rings (SSSR count). The van der Waals surface area contributed by atoms with E-state index < -0.39 is 0 Å². The first kappa shape index (κ1) is 9.79. The van der Waals surface area contributed by atoms with E-state index >= 15 is 0 Å². The summed E-state index contributed by atoms with van der Waals surface area (Å²) in [5.41, 5.74) is 0. The van der Waals surface area contributed by atoms with Gasteiger partial charge in [-0.05, 0) is 26.2 Å². The first-order valence-corrected chi connectivity index (χ1v) is 5.16. The Bertz CT molecular complexity index is 125. The average Bonchev–Trinajstić information content (AvgIpc) is 2.87. The molecule has 1 heteroatoms. The third kappa shape index (κ3) is 5.36. The Balaban J connectivity index is 1.70. The molecule has 0 aromatic carbocycles. The van der Waals surface area contributed by atoms with Gasteiger partial charge in [0, 0.05) is 0 Å². The van der Waals surface area contributed by atoms with Crippen molar-refractivity contribution in [3.63, 3.8) is 0 Å². The van der Waals surface area contributed by atoms with Crippen LogP contribution in [0.5, 0.6) is 0 Å². The van der Waals surface area contributed by atoms with E-state index in [4.69, 9.17) is 4.74 Å². The monoisotopic (exact) mass is 168 g/mol. The summed E-state index contributed by atoms with van der Waals surface area (Å²) in [6.45, 7) is 3.11. The summed E-state index contributed by atoms with van der Waals surface area (Å²) in [6, 6.07) is 0. The van der Waals surface area contributed by atoms with Crippen LogP contribution in [0.25, 0.3) is 0 Å². The number of epoxide rings is 1. The van der Waals surface area contributed by atoms with Crippen LogP contribution in [0.2, 0.25) is 0 Å². The normalized spacial score (nSPS) is 21.9. The van der Waals surface area contributed by atoms with Crippen molar-refractivity contribution >= 4 is 0 Å². The standard InChI is InChI=1S/C11H20O/c1-2-3-4-5-6-7-8-9-11-10-12-11/h2-3,11H,4-10H2,1H3/b3-2+. The van der Waals surface area contributed by atoms with Gasteiger partial charge in [-0.1, -0.05) is 31.4 Å². The zero-order valence-corrected chi connectivity index (χ0v) is 8.09. The number of hydrogen-bond acceptors (Lipinski definition) is 1. The minimum absolute atomic E-state index is 0.639. The second-order valence-corrected chi connectivity index (χ2v) is 3.52. The SMILES string of the molecule is C/C=C/CCCCCCC1CO1. The lowest BCUT2D eigenvalue weighted by Crippen LogP contribution is -1.85. The van der Waals surface area contributed by atoms with Crippen LogP contribution >= 0.6 is 0 Å². The zero-order valence-electron chi connectivity index (χ0n) is 8.09. The second kappa shape index (κ2) is 6.24. The van der Waals surface area contributed by atoms with Crippen molar-refractivity contribution in [1.82, 2.24) is 0 Å². The highest BCUT2D eigenvalue weighted by Gasteiger charge is 2.20. The van der Waals surface area contributed by atoms with Crippen LogP contribution in [0.1, 0.15) is 45.4 Å². The number of unbranched alkanes of at least 4 members (excludes halogenated alkanes) is 4. The van der Waals surface area contributed by atoms with Crippen LogP contribution in [0.3, 0.4) is 0 Å². The van der Waals surface area contributed by atoms with Crippen molar-refractivity contribution < 1.29 is 4.74 Å². The first-order valence-electron chi connectivity index (χ1n) is 5.16. The molecule has 0 aliphatic carbocycles. The fourth-order valence-corrected chi connectivity index (χ4v) is 1.39. The molecule has 0 aromatic rings. The van der Waals surface area contributed by atoms with Gasteiger partial charge in [0.1, 0.15) is 0 Å². The molecule has 0 aromatic heterocycles. The van der Waals surface area contributed by atoms with Crippen LogP contribution < -0.4 is 0 Å². The van der Waals surface area contributed by atoms with Gasteiger partial charge >= 0.3 is 0 Å². The summed E-state index contributed by atoms with van der Waals surface area (Å²) in [5.74, 6) is 0. The molecule has 70 valence electrons. The zero-order chi connectivity index (χ0) is 8.65. The lowest BCUT2D eigenvalue weighted by atomic mass is 10.1. The maximum absolute atomic E-state index is 5.14. The highest BCUT2D eigenvalue weighted by Crippen LogP contribution is 2.17. The van der Waals surface area contributed by atoms with Gasteiger partial charge in [-0.2, -0.15) is 0 Å². The fourth-order valence-electron chi connectivity index (χ4n) is 1.39. The Kier molecular flexibility index (Phi) is 5.09. The number of rotatable bonds is 7. The van der Waals surface area contributed by atoms with E-state index in [1.54, 1.807) is 0 Å². The van der Waals surface area contributed by atoms with E-state index in [2.05, 4.69) is 19.1 Å². The van der Waals surface area contributed by atoms with Crippen molar-refractivity contribution in [2.45, 2.75) is 51.6 Å². The van der Waals surface area contributed by atoms with Gasteiger partial charge in [0.05, 0.1) is 12.7 Å². The maximum atomic E-state index is 5.14. The van der Waals surface area contributed by atoms with Crippen molar-refractivity contribution in [2.75, 3.05) is 6.61 Å². The molecule has 1 nitrogen and oxygen atoms in total. The average molecular weight is 168 g/mol. The van der Waals surface area contributed by atoms with E-state index in [0.29, 0.717) is 6.10 Å². The van der Waals surface area contributed by atoms with Gasteiger partial charge in [-0.3, -0.25) is 0 Å². The molecule has 0 radical (unpaired) electrons. The topological polar surface area (TPSA) is 12.5 Å². The summed E-state index contributed by atoms with van der Waals surface area (Å²) in [7, 11) is 0. The fraction of sp³-hybridized carbons (Fsp3) is 0.818. The van der Waals surface area contributed by atoms with Crippen LogP contribution in [-0.4, -0.2) is 12.7 Å². The van der Waals surface area contributed by atoms with Crippen molar-refractivity contribution in [1.29, 1.82) is 0 Å². The third-order valence-corrected chi connectivity index (χ3v) is 2.28. The van der Waals surface area contributed by atoms with Gasteiger partial charge in [0.25, 0.3) is 0 Å². The predicted octanol–water partition coefficient (Wildman–Crippen LogP) is 3.30. The Labute approximate surface area is 75.8 Å². The van der Waals surface area contributed by atoms with Gasteiger partial charge in [-0.15, -0.1) is 0 Å². The summed E-state index contributed by atoms with van der Waals surface area (Å²) in [5, 5.41) is 0. The van der Waals surface area contributed by atoms with Crippen LogP contribution in [0.4, 0.5) is 0 Å². The van der Waals surface area contributed by atoms with E-state index in [-0.39, 0.29) is 0 Å². The highest BCUT2D eigenvalue weighted by atomic mass is 16.6. The summed E-state index contributed by atoms with van der Waals surface area (Å²) in [6.07, 6.45) is 13.1. The van der Waals surface area contributed by atoms with E-state index in [0.717, 1.165) is 6.61 Å². The molecule has 1 aliphatic heterocycles. The first-order chi connectivity index (χ1) is 5.93. The minimum Gasteiger partial charge on any atom is -0.373 e. The number of ether oxygens (including phenoxy) is 1. The van der Waals surface area contributed by atoms with Gasteiger partial charge < -0.3 is 4.74 Å². The van der Waals surface area contributed by atoms with Gasteiger partial charge in [0.15, 0.2) is 0 Å². The molecular formula is C11H20O. The predicted molar refractivity (Wildman–Crippen MR) is 52.3 cm³/mol. The molecule has 1 unspecified atom stereocenters. The lowest BCUT2D eigenvalue weighted by Gasteiger charge is -1.96. The third-order valence-electron chi connectivity index (χ3n) is 2.28. The second-order valence-electron chi connectivity index (χ2n) is 3.52. The number of hydrogen-bond donors (Lipinski definition) is 0. The van der Waals surface area contributed by atoms with Crippen molar-refractivity contribution in [3.8, 4) is 0 Å². The molecule has 1 heterocycles. The highest BCUT2D eigenvalue weighted by molar-refractivity contribution is 4.76. The van der Waals surface area contributed by atoms with Crippen LogP contribution in [0.15, 0.2) is 12.2 Å². The summed E-state index contributed by atoms with van der Waals surface area (Å²) in [4.78, 5) is 0. The quantitative estimate of drug-likeness (QED) is 0.323. The molecular weight excluding hydrogens is 148 g/mol. The molecule has 1 fully saturated rings. The van der Waals surface area contributed by atoms with Gasteiger partial charge in [-0.25, -0.2) is 0 Å².